The van der Waals surface area contributed by atoms with Gasteiger partial charge in [-0.1, -0.05) is 6.08 Å². The zero-order valence-corrected chi connectivity index (χ0v) is 18.7. The van der Waals surface area contributed by atoms with Gasteiger partial charge in [0.15, 0.2) is 11.9 Å². The number of piperidine rings is 1. The number of hydrogen-bond acceptors (Lipinski definition) is 6. The molecule has 0 aromatic carbocycles. The maximum atomic E-state index is 14.7. The van der Waals surface area contributed by atoms with E-state index in [1.807, 2.05) is 0 Å². The molecule has 0 spiro atoms. The second kappa shape index (κ2) is 9.72. The van der Waals surface area contributed by atoms with Crippen LogP contribution in [0, 0.1) is 16.8 Å². The molecule has 1 unspecified atom stereocenters. The summed E-state index contributed by atoms with van der Waals surface area (Å²) in [5.41, 5.74) is 0. The maximum Gasteiger partial charge on any atom is 0.301 e. The van der Waals surface area contributed by atoms with Gasteiger partial charge in [0.2, 0.25) is 5.91 Å². The zero-order valence-electron chi connectivity index (χ0n) is 18.7. The number of aromatic nitrogens is 2. The highest BCUT2D eigenvalue weighted by Gasteiger charge is 2.53. The fraction of sp³-hybridized carbons (Fsp3) is 0.348. The van der Waals surface area contributed by atoms with Gasteiger partial charge >= 0.3 is 5.92 Å². The smallest absolute Gasteiger partial charge is 0.301 e. The molecule has 0 bridgehead atoms. The predicted octanol–water partition coefficient (Wildman–Crippen LogP) is 3.98. The first kappa shape index (κ1) is 24.8. The number of ether oxygens (including phenoxy) is 1. The molecule has 186 valence electrons. The van der Waals surface area contributed by atoms with Crippen LogP contribution < -0.4 is 10.1 Å². The number of halogens is 4. The molecule has 2 aromatic rings. The highest BCUT2D eigenvalue weighted by atomic mass is 19.3. The Hall–Kier alpha value is -3.35. The Bertz CT molecular complexity index is 1140. The van der Waals surface area contributed by atoms with Gasteiger partial charge in [0.1, 0.15) is 23.9 Å². The number of nitrogens with one attached hydrogen (secondary N) is 1. The van der Waals surface area contributed by atoms with E-state index in [0.717, 1.165) is 6.20 Å². The first-order chi connectivity index (χ1) is 16.6. The van der Waals surface area contributed by atoms with E-state index in [-0.39, 0.29) is 31.2 Å². The van der Waals surface area contributed by atoms with Crippen LogP contribution in [-0.4, -0.2) is 63.1 Å². The number of allylic oxidation sites excluding steroid dienone is 2. The van der Waals surface area contributed by atoms with E-state index in [4.69, 9.17) is 4.74 Å². The summed E-state index contributed by atoms with van der Waals surface area (Å²) < 4.78 is 60.0. The number of nitrogens with zero attached hydrogens (tertiary/aromatic N) is 4. The lowest BCUT2D eigenvalue weighted by molar-refractivity contribution is -0.862. The molecule has 0 radical (unpaired) electrons. The number of quaternary nitrogens is 1. The number of alkyl halides is 2. The van der Waals surface area contributed by atoms with Gasteiger partial charge in [-0.3, -0.25) is 9.69 Å². The number of pyridine rings is 2. The van der Waals surface area contributed by atoms with Crippen molar-refractivity contribution in [1.82, 2.24) is 14.9 Å². The Morgan fingerprint density at radius 2 is 2.09 bits per heavy atom. The van der Waals surface area contributed by atoms with Gasteiger partial charge in [-0.25, -0.2) is 18.7 Å². The molecule has 0 saturated carbocycles. The van der Waals surface area contributed by atoms with Crippen molar-refractivity contribution >= 4 is 11.7 Å². The Kier molecular flexibility index (Phi) is 6.88. The molecule has 0 aliphatic carbocycles. The molecule has 2 aliphatic rings. The van der Waals surface area contributed by atoms with E-state index in [1.165, 1.54) is 30.6 Å². The van der Waals surface area contributed by atoms with Crippen molar-refractivity contribution in [2.75, 3.05) is 25.0 Å². The Morgan fingerprint density at radius 1 is 1.29 bits per heavy atom. The molecule has 1 N–H and O–H groups in total. The number of likely N-dealkylation sites (tertiary alicyclic amines) is 1. The monoisotopic (exact) mass is 493 g/mol. The summed E-state index contributed by atoms with van der Waals surface area (Å²) in [5.74, 6) is -5.68. The van der Waals surface area contributed by atoms with Crippen molar-refractivity contribution in [3.05, 3.63) is 71.9 Å². The molecule has 2 aromatic heterocycles. The van der Waals surface area contributed by atoms with Crippen LogP contribution in [0.15, 0.2) is 55.0 Å². The second-order valence-corrected chi connectivity index (χ2v) is 8.42. The van der Waals surface area contributed by atoms with Crippen molar-refractivity contribution in [3.63, 3.8) is 0 Å². The van der Waals surface area contributed by atoms with Gasteiger partial charge in [-0.15, -0.1) is 0 Å². The van der Waals surface area contributed by atoms with Crippen LogP contribution in [0.25, 0.3) is 0 Å². The molecule has 4 rings (SSSR count). The van der Waals surface area contributed by atoms with Gasteiger partial charge < -0.3 is 19.9 Å². The number of carbonyl (C=O) groups excluding carboxylic acids is 1. The molecule has 1 fully saturated rings. The van der Waals surface area contributed by atoms with Crippen molar-refractivity contribution in [1.29, 1.82) is 0 Å². The van der Waals surface area contributed by atoms with Gasteiger partial charge in [-0.2, -0.15) is 8.78 Å². The molecule has 2 aliphatic heterocycles. The van der Waals surface area contributed by atoms with Crippen LogP contribution in [0.4, 0.5) is 23.4 Å². The number of hydroxylamine groups is 3. The molecule has 1 saturated heterocycles. The number of hydrogen-bond donors (Lipinski definition) is 1. The topological polar surface area (TPSA) is 90.4 Å². The van der Waals surface area contributed by atoms with E-state index < -0.39 is 52.5 Å². The second-order valence-electron chi connectivity index (χ2n) is 8.42. The lowest BCUT2D eigenvalue weighted by atomic mass is 9.97. The number of anilines is 1. The molecule has 35 heavy (non-hydrogen) atoms. The quantitative estimate of drug-likeness (QED) is 0.372. The van der Waals surface area contributed by atoms with Crippen molar-refractivity contribution in [2.24, 2.45) is 0 Å². The summed E-state index contributed by atoms with van der Waals surface area (Å²) >= 11 is 0. The van der Waals surface area contributed by atoms with E-state index in [0.29, 0.717) is 6.07 Å². The van der Waals surface area contributed by atoms with Crippen LogP contribution in [0.1, 0.15) is 13.3 Å². The zero-order chi connectivity index (χ0) is 25.2. The molecule has 4 heterocycles. The minimum atomic E-state index is -3.17. The fourth-order valence-electron chi connectivity index (χ4n) is 4.01. The Morgan fingerprint density at radius 3 is 2.74 bits per heavy atom. The third-order valence-electron chi connectivity index (χ3n) is 6.03. The predicted molar refractivity (Wildman–Crippen MR) is 118 cm³/mol. The molecule has 12 heteroatoms. The summed E-state index contributed by atoms with van der Waals surface area (Å²) in [6.45, 7) is 1.17. The van der Waals surface area contributed by atoms with Crippen LogP contribution in [0.2, 0.25) is 0 Å². The average molecular weight is 493 g/mol. The first-order valence-corrected chi connectivity index (χ1v) is 10.9. The van der Waals surface area contributed by atoms with Crippen LogP contribution in [0.3, 0.4) is 0 Å². The Labute approximate surface area is 198 Å². The molecule has 8 nitrogen and oxygen atoms in total. The number of carbonyl (C=O) groups is 1. The standard InChI is InChI=1S/C23H23F4N5O3/c1-15(31-8-7-23(26,27)19(14-31)32(34)9-3-2-4-10-32)21(33)30-20-6-5-17(13-28-20)35-22-18(25)11-16(24)12-29-22/h2-6,9,11-13,15,19H,7-8,10,14H2,1H3,(H,28,30,33)/t15?,19-,32+/m0/s1. The van der Waals surface area contributed by atoms with E-state index in [9.17, 15) is 27.6 Å². The van der Waals surface area contributed by atoms with E-state index >= 15 is 0 Å². The lowest BCUT2D eigenvalue weighted by Gasteiger charge is -2.52. The molecular formula is C23H23F4N5O3. The minimum Gasteiger partial charge on any atom is -0.627 e. The summed E-state index contributed by atoms with van der Waals surface area (Å²) in [6, 6.07) is 1.08. The first-order valence-electron chi connectivity index (χ1n) is 10.9. The van der Waals surface area contributed by atoms with Crippen molar-refractivity contribution < 1.29 is 31.7 Å². The molecular weight excluding hydrogens is 470 g/mol. The van der Waals surface area contributed by atoms with Crippen LogP contribution in [-0.2, 0) is 4.79 Å². The van der Waals surface area contributed by atoms with Gasteiger partial charge in [0, 0.05) is 19.0 Å². The summed E-state index contributed by atoms with van der Waals surface area (Å²) in [5, 5.41) is 15.6. The highest BCUT2D eigenvalue weighted by molar-refractivity contribution is 5.93. The largest absolute Gasteiger partial charge is 0.627 e. The average Bonchev–Trinajstić information content (AvgIpc) is 2.82. The Balaban J connectivity index is 1.38. The number of rotatable bonds is 6. The van der Waals surface area contributed by atoms with Gasteiger partial charge in [0.25, 0.3) is 5.88 Å². The summed E-state index contributed by atoms with van der Waals surface area (Å²) in [6.07, 6.45) is 7.35. The van der Waals surface area contributed by atoms with E-state index in [1.54, 1.807) is 24.0 Å². The van der Waals surface area contributed by atoms with Crippen LogP contribution in [0.5, 0.6) is 11.6 Å². The number of amides is 1. The van der Waals surface area contributed by atoms with Crippen LogP contribution >= 0.6 is 0 Å². The third kappa shape index (κ3) is 5.50. The summed E-state index contributed by atoms with van der Waals surface area (Å²) in [7, 11) is 0. The van der Waals surface area contributed by atoms with E-state index in [2.05, 4.69) is 15.3 Å². The van der Waals surface area contributed by atoms with Crippen molar-refractivity contribution in [3.8, 4) is 11.6 Å². The summed E-state index contributed by atoms with van der Waals surface area (Å²) in [4.78, 5) is 21.9. The third-order valence-corrected chi connectivity index (χ3v) is 6.03. The van der Waals surface area contributed by atoms with Crippen molar-refractivity contribution in [2.45, 2.75) is 31.4 Å². The lowest BCUT2D eigenvalue weighted by Crippen LogP contribution is -2.65. The minimum absolute atomic E-state index is 0.0475. The molecule has 1 amide bonds. The van der Waals surface area contributed by atoms with Gasteiger partial charge in [-0.05, 0) is 31.2 Å². The maximum absolute atomic E-state index is 14.7. The van der Waals surface area contributed by atoms with Gasteiger partial charge in [0.05, 0.1) is 31.2 Å². The molecule has 3 atom stereocenters. The fourth-order valence-corrected chi connectivity index (χ4v) is 4.01. The normalized spacial score (nSPS) is 24.7. The highest BCUT2D eigenvalue weighted by Crippen LogP contribution is 2.37. The SMILES string of the molecule is CC(C(=O)Nc1ccc(Oc2ncc(F)cc2F)cn1)N1CCC(F)(F)[C@@H]([N@@+]2([O-])C=CC=CC2)C1.